The predicted molar refractivity (Wildman–Crippen MR) is 103 cm³/mol. The summed E-state index contributed by atoms with van der Waals surface area (Å²) < 4.78 is 33.8. The Morgan fingerprint density at radius 3 is 2.53 bits per heavy atom. The largest absolute Gasteiger partial charge is 0.490 e. The van der Waals surface area contributed by atoms with E-state index in [9.17, 15) is 18.0 Å². The van der Waals surface area contributed by atoms with Gasteiger partial charge in [0.05, 0.1) is 23.5 Å². The van der Waals surface area contributed by atoms with Crippen LogP contribution in [0, 0.1) is 13.8 Å². The van der Waals surface area contributed by atoms with Crippen molar-refractivity contribution in [3.05, 3.63) is 46.8 Å². The van der Waals surface area contributed by atoms with Gasteiger partial charge >= 0.3 is 12.1 Å². The predicted octanol–water partition coefficient (Wildman–Crippen LogP) is 3.02. The number of rotatable bonds is 5. The lowest BCUT2D eigenvalue weighted by Gasteiger charge is -2.07. The third-order valence-corrected chi connectivity index (χ3v) is 4.53. The second-order valence-corrected chi connectivity index (χ2v) is 6.68. The number of nitrogens with one attached hydrogen (secondary N) is 2. The van der Waals surface area contributed by atoms with Crippen LogP contribution in [0.1, 0.15) is 17.0 Å². The SMILES string of the molecule is Cc1ncn(CCNC(=O)Cc2c[nH]c3nccc(Cl)c23)c1C.O=C(O)C(F)(F)F. The van der Waals surface area contributed by atoms with Crippen LogP contribution in [0.3, 0.4) is 0 Å². The Hall–Kier alpha value is -3.08. The number of amides is 1. The molecule has 0 aliphatic heterocycles. The minimum Gasteiger partial charge on any atom is -0.475 e. The van der Waals surface area contributed by atoms with E-state index in [1.807, 2.05) is 18.4 Å². The van der Waals surface area contributed by atoms with Crippen LogP contribution in [0.2, 0.25) is 5.02 Å². The number of imidazole rings is 1. The van der Waals surface area contributed by atoms with E-state index in [0.717, 1.165) is 22.3 Å². The summed E-state index contributed by atoms with van der Waals surface area (Å²) in [5.74, 6) is -2.80. The Kier molecular flexibility index (Phi) is 7.43. The van der Waals surface area contributed by atoms with Gasteiger partial charge in [0.15, 0.2) is 0 Å². The number of pyridine rings is 1. The number of aromatic amines is 1. The van der Waals surface area contributed by atoms with Crippen LogP contribution in [-0.2, 0) is 22.6 Å². The Morgan fingerprint density at radius 2 is 1.97 bits per heavy atom. The van der Waals surface area contributed by atoms with E-state index in [1.54, 1.807) is 24.8 Å². The van der Waals surface area contributed by atoms with E-state index in [0.29, 0.717) is 23.8 Å². The third-order valence-electron chi connectivity index (χ3n) is 4.22. The number of aryl methyl sites for hydroxylation is 1. The van der Waals surface area contributed by atoms with Crippen molar-refractivity contribution >= 4 is 34.5 Å². The fourth-order valence-electron chi connectivity index (χ4n) is 2.54. The van der Waals surface area contributed by atoms with Gasteiger partial charge in [-0.1, -0.05) is 11.6 Å². The molecule has 0 atom stereocenters. The summed E-state index contributed by atoms with van der Waals surface area (Å²) in [6.07, 6.45) is 0.405. The first-order valence-electron chi connectivity index (χ1n) is 8.66. The summed E-state index contributed by atoms with van der Waals surface area (Å²) in [5.41, 5.74) is 3.68. The summed E-state index contributed by atoms with van der Waals surface area (Å²) in [6, 6.07) is 1.73. The van der Waals surface area contributed by atoms with Crippen LogP contribution in [0.25, 0.3) is 11.0 Å². The van der Waals surface area contributed by atoms with Gasteiger partial charge in [-0.15, -0.1) is 0 Å². The highest BCUT2D eigenvalue weighted by atomic mass is 35.5. The van der Waals surface area contributed by atoms with Gasteiger partial charge in [-0.3, -0.25) is 4.79 Å². The molecule has 0 unspecified atom stereocenters. The maximum Gasteiger partial charge on any atom is 0.490 e. The molecule has 0 bridgehead atoms. The molecule has 0 aliphatic carbocycles. The molecular formula is C18H19ClF3N5O3. The molecule has 3 heterocycles. The smallest absolute Gasteiger partial charge is 0.475 e. The van der Waals surface area contributed by atoms with Gasteiger partial charge in [0.25, 0.3) is 0 Å². The second-order valence-electron chi connectivity index (χ2n) is 6.27. The number of carboxylic acid groups (broad SMARTS) is 1. The number of carboxylic acids is 1. The number of nitrogens with zero attached hydrogens (tertiary/aromatic N) is 3. The number of halogens is 4. The van der Waals surface area contributed by atoms with Crippen molar-refractivity contribution < 1.29 is 27.9 Å². The number of carbonyl (C=O) groups excluding carboxylic acids is 1. The molecule has 3 N–H and O–H groups in total. The van der Waals surface area contributed by atoms with Crippen molar-refractivity contribution in [2.75, 3.05) is 6.54 Å². The van der Waals surface area contributed by atoms with Gasteiger partial charge in [0.2, 0.25) is 5.91 Å². The Labute approximate surface area is 174 Å². The maximum absolute atomic E-state index is 12.1. The van der Waals surface area contributed by atoms with E-state index in [-0.39, 0.29) is 12.3 Å². The number of fused-ring (bicyclic) bond motifs is 1. The first-order chi connectivity index (χ1) is 14.0. The molecule has 0 radical (unpaired) electrons. The average Bonchev–Trinajstić information content (AvgIpc) is 3.20. The van der Waals surface area contributed by atoms with Gasteiger partial charge in [-0.25, -0.2) is 14.8 Å². The quantitative estimate of drug-likeness (QED) is 0.558. The molecule has 1 amide bonds. The van der Waals surface area contributed by atoms with Gasteiger partial charge < -0.3 is 20.0 Å². The van der Waals surface area contributed by atoms with Gasteiger partial charge in [0.1, 0.15) is 5.65 Å². The highest BCUT2D eigenvalue weighted by molar-refractivity contribution is 6.35. The van der Waals surface area contributed by atoms with Crippen molar-refractivity contribution in [1.29, 1.82) is 0 Å². The number of aromatic nitrogens is 4. The summed E-state index contributed by atoms with van der Waals surface area (Å²) in [5, 5.41) is 11.5. The molecule has 30 heavy (non-hydrogen) atoms. The van der Waals surface area contributed by atoms with Crippen molar-refractivity contribution in [2.24, 2.45) is 0 Å². The summed E-state index contributed by atoms with van der Waals surface area (Å²) in [4.78, 5) is 32.5. The molecule has 0 saturated carbocycles. The highest BCUT2D eigenvalue weighted by Crippen LogP contribution is 2.25. The van der Waals surface area contributed by atoms with Crippen molar-refractivity contribution in [1.82, 2.24) is 24.8 Å². The van der Waals surface area contributed by atoms with Gasteiger partial charge in [-0.2, -0.15) is 13.2 Å². The molecule has 3 aromatic rings. The van der Waals surface area contributed by atoms with Gasteiger partial charge in [-0.05, 0) is 25.5 Å². The minimum atomic E-state index is -5.08. The molecular weight excluding hydrogens is 427 g/mol. The van der Waals surface area contributed by atoms with Crippen LogP contribution in [0.15, 0.2) is 24.8 Å². The van der Waals surface area contributed by atoms with E-state index in [2.05, 4.69) is 20.3 Å². The molecule has 3 aromatic heterocycles. The molecule has 12 heteroatoms. The number of H-pyrrole nitrogens is 1. The number of hydrogen-bond donors (Lipinski definition) is 3. The zero-order chi connectivity index (χ0) is 22.5. The second kappa shape index (κ2) is 9.61. The Balaban J connectivity index is 0.000000396. The molecule has 8 nitrogen and oxygen atoms in total. The summed E-state index contributed by atoms with van der Waals surface area (Å²) in [7, 11) is 0. The van der Waals surface area contributed by atoms with Crippen LogP contribution < -0.4 is 5.32 Å². The van der Waals surface area contributed by atoms with E-state index in [1.165, 1.54) is 0 Å². The maximum atomic E-state index is 12.1. The van der Waals surface area contributed by atoms with Crippen LogP contribution >= 0.6 is 11.6 Å². The highest BCUT2D eigenvalue weighted by Gasteiger charge is 2.38. The van der Waals surface area contributed by atoms with Crippen molar-refractivity contribution in [3.8, 4) is 0 Å². The van der Waals surface area contributed by atoms with Crippen molar-refractivity contribution in [2.45, 2.75) is 33.0 Å². The zero-order valence-electron chi connectivity index (χ0n) is 16.0. The normalized spacial score (nSPS) is 11.1. The lowest BCUT2D eigenvalue weighted by molar-refractivity contribution is -0.192. The van der Waals surface area contributed by atoms with Crippen LogP contribution in [0.5, 0.6) is 0 Å². The number of aliphatic carboxylic acids is 1. The number of alkyl halides is 3. The standard InChI is InChI=1S/C16H18ClN5O.C2HF3O2/c1-10-11(2)22(9-21-10)6-5-18-14(23)7-12-8-20-16-15(12)13(17)3-4-19-16;3-2(4,5)1(6)7/h3-4,8-9H,5-7H2,1-2H3,(H,18,23)(H,19,20);(H,6,7). The Morgan fingerprint density at radius 1 is 1.30 bits per heavy atom. The monoisotopic (exact) mass is 445 g/mol. The van der Waals surface area contributed by atoms with Crippen LogP contribution in [-0.4, -0.2) is 49.2 Å². The molecule has 0 spiro atoms. The lowest BCUT2D eigenvalue weighted by atomic mass is 10.1. The van der Waals surface area contributed by atoms with E-state index >= 15 is 0 Å². The van der Waals surface area contributed by atoms with Crippen molar-refractivity contribution in [3.63, 3.8) is 0 Å². The topological polar surface area (TPSA) is 113 Å². The Bertz CT molecular complexity index is 1050. The fourth-order valence-corrected chi connectivity index (χ4v) is 2.81. The molecule has 0 saturated heterocycles. The lowest BCUT2D eigenvalue weighted by Crippen LogP contribution is -2.28. The first-order valence-corrected chi connectivity index (χ1v) is 9.04. The van der Waals surface area contributed by atoms with E-state index in [4.69, 9.17) is 21.5 Å². The summed E-state index contributed by atoms with van der Waals surface area (Å²) in [6.45, 7) is 5.25. The fraction of sp³-hybridized carbons (Fsp3) is 0.333. The molecule has 3 rings (SSSR count). The molecule has 0 aromatic carbocycles. The number of hydrogen-bond acceptors (Lipinski definition) is 4. The minimum absolute atomic E-state index is 0.0414. The van der Waals surface area contributed by atoms with E-state index < -0.39 is 12.1 Å². The molecule has 0 fully saturated rings. The molecule has 0 aliphatic rings. The average molecular weight is 446 g/mol. The first kappa shape index (κ1) is 23.2. The van der Waals surface area contributed by atoms with Crippen LogP contribution in [0.4, 0.5) is 13.2 Å². The summed E-state index contributed by atoms with van der Waals surface area (Å²) >= 11 is 6.19. The molecule has 162 valence electrons. The number of carbonyl (C=O) groups is 2. The third kappa shape index (κ3) is 5.96. The van der Waals surface area contributed by atoms with Gasteiger partial charge in [0, 0.05) is 36.6 Å². The zero-order valence-corrected chi connectivity index (χ0v) is 16.8.